The highest BCUT2D eigenvalue weighted by molar-refractivity contribution is 6.08. The van der Waals surface area contributed by atoms with Gasteiger partial charge in [0.2, 0.25) is 11.8 Å². The van der Waals surface area contributed by atoms with Crippen molar-refractivity contribution in [3.05, 3.63) is 71.0 Å². The Labute approximate surface area is 285 Å². The number of nitrogens with zero attached hydrogens (tertiary/aromatic N) is 9. The first kappa shape index (κ1) is 31.9. The molecule has 1 atom stereocenters. The fourth-order valence-electron chi connectivity index (χ4n) is 7.89. The lowest BCUT2D eigenvalue weighted by Gasteiger charge is -2.42. The van der Waals surface area contributed by atoms with Gasteiger partial charge in [0.1, 0.15) is 17.3 Å². The van der Waals surface area contributed by atoms with Gasteiger partial charge in [-0.05, 0) is 63.3 Å². The molecule has 50 heavy (non-hydrogen) atoms. The molecule has 8 rings (SSSR count). The van der Waals surface area contributed by atoms with Crippen molar-refractivity contribution in [3.8, 4) is 0 Å². The van der Waals surface area contributed by atoms with Crippen LogP contribution in [0.1, 0.15) is 61.0 Å². The molecule has 0 radical (unpaired) electrons. The number of carbonyl (C=O) groups excluding carboxylic acids is 3. The van der Waals surface area contributed by atoms with Crippen molar-refractivity contribution < 1.29 is 18.8 Å². The van der Waals surface area contributed by atoms with Gasteiger partial charge in [0.25, 0.3) is 11.9 Å². The summed E-state index contributed by atoms with van der Waals surface area (Å²) in [5, 5.41) is 13.2. The quantitative estimate of drug-likeness (QED) is 0.235. The lowest BCUT2D eigenvalue weighted by atomic mass is 9.79. The second-order valence-corrected chi connectivity index (χ2v) is 13.7. The number of fused-ring (bicyclic) bond motifs is 2. The number of imidazole rings is 1. The van der Waals surface area contributed by atoms with Crippen LogP contribution in [0.4, 0.5) is 15.8 Å². The summed E-state index contributed by atoms with van der Waals surface area (Å²) < 4.78 is 21.0. The van der Waals surface area contributed by atoms with Crippen LogP contribution < -0.4 is 21.2 Å². The van der Waals surface area contributed by atoms with Crippen LogP contribution in [0, 0.1) is 11.9 Å². The van der Waals surface area contributed by atoms with Crippen molar-refractivity contribution in [2.24, 2.45) is 13.0 Å². The molecule has 2 aliphatic heterocycles. The molecular formula is C34H38FN11O4. The summed E-state index contributed by atoms with van der Waals surface area (Å²) in [6.07, 6.45) is 10.4. The van der Waals surface area contributed by atoms with Crippen molar-refractivity contribution >= 4 is 45.8 Å². The predicted molar refractivity (Wildman–Crippen MR) is 181 cm³/mol. The summed E-state index contributed by atoms with van der Waals surface area (Å²) in [6, 6.07) is 7.28. The van der Waals surface area contributed by atoms with Crippen LogP contribution in [-0.2, 0) is 16.6 Å². The molecule has 1 aromatic carbocycles. The van der Waals surface area contributed by atoms with E-state index in [0.29, 0.717) is 29.5 Å². The van der Waals surface area contributed by atoms with E-state index in [-0.39, 0.29) is 35.3 Å². The van der Waals surface area contributed by atoms with E-state index < -0.39 is 23.8 Å². The molecule has 2 N–H and O–H groups in total. The zero-order valence-corrected chi connectivity index (χ0v) is 27.8. The van der Waals surface area contributed by atoms with Gasteiger partial charge in [-0.15, -0.1) is 5.10 Å². The van der Waals surface area contributed by atoms with E-state index in [1.54, 1.807) is 41.0 Å². The zero-order chi connectivity index (χ0) is 34.7. The van der Waals surface area contributed by atoms with Crippen molar-refractivity contribution in [1.82, 2.24) is 43.7 Å². The molecule has 2 saturated heterocycles. The average molecular weight is 684 g/mol. The number of rotatable bonds is 8. The number of hydrogen-bond acceptors (Lipinski definition) is 9. The monoisotopic (exact) mass is 683 g/mol. The van der Waals surface area contributed by atoms with Crippen LogP contribution in [0.2, 0.25) is 0 Å². The molecule has 4 aromatic heterocycles. The van der Waals surface area contributed by atoms with E-state index in [4.69, 9.17) is 0 Å². The summed E-state index contributed by atoms with van der Waals surface area (Å²) in [7, 11) is 3.90. The Kier molecular flexibility index (Phi) is 7.96. The lowest BCUT2D eigenvalue weighted by Crippen LogP contribution is -2.46. The molecule has 3 fully saturated rings. The van der Waals surface area contributed by atoms with E-state index in [1.807, 2.05) is 18.2 Å². The zero-order valence-electron chi connectivity index (χ0n) is 27.8. The smallest absolute Gasteiger partial charge is 0.329 e. The van der Waals surface area contributed by atoms with Crippen LogP contribution in [0.5, 0.6) is 0 Å². The highest BCUT2D eigenvalue weighted by atomic mass is 19.1. The second kappa shape index (κ2) is 12.5. The fraction of sp³-hybridized carbons (Fsp3) is 0.441. The summed E-state index contributed by atoms with van der Waals surface area (Å²) in [5.41, 5.74) is 2.85. The molecule has 3 amide bonds. The Bertz CT molecular complexity index is 2190. The first-order chi connectivity index (χ1) is 24.2. The largest absolute Gasteiger partial charge is 0.370 e. The van der Waals surface area contributed by atoms with Crippen LogP contribution in [0.3, 0.4) is 0 Å². The predicted octanol–water partition coefficient (Wildman–Crippen LogP) is 2.50. The van der Waals surface area contributed by atoms with E-state index in [0.717, 1.165) is 56.5 Å². The molecule has 16 heteroatoms. The number of para-hydroxylation sites is 1. The third-order valence-electron chi connectivity index (χ3n) is 10.6. The van der Waals surface area contributed by atoms with Gasteiger partial charge < -0.3 is 15.1 Å². The van der Waals surface area contributed by atoms with Crippen LogP contribution >= 0.6 is 0 Å². The number of benzene rings is 1. The molecule has 3 aliphatic rings. The number of hydrogen-bond donors (Lipinski definition) is 2. The average Bonchev–Trinajstić information content (AvgIpc) is 3.76. The van der Waals surface area contributed by atoms with Crippen LogP contribution in [0.25, 0.3) is 16.7 Å². The maximum atomic E-state index is 14.8. The first-order valence-electron chi connectivity index (χ1n) is 17.0. The van der Waals surface area contributed by atoms with Gasteiger partial charge >= 0.3 is 5.69 Å². The first-order valence-corrected chi connectivity index (χ1v) is 17.0. The fourth-order valence-corrected chi connectivity index (χ4v) is 7.89. The van der Waals surface area contributed by atoms with Gasteiger partial charge in [-0.2, -0.15) is 9.49 Å². The number of nitrogens with one attached hydrogen (secondary N) is 2. The minimum Gasteiger partial charge on any atom is -0.370 e. The Hall–Kier alpha value is -5.38. The number of aryl methyl sites for hydroxylation is 1. The third-order valence-corrected chi connectivity index (χ3v) is 10.6. The number of carbonyl (C=O) groups is 3. The van der Waals surface area contributed by atoms with Gasteiger partial charge in [-0.3, -0.25) is 33.5 Å². The minimum atomic E-state index is -0.724. The van der Waals surface area contributed by atoms with Crippen molar-refractivity contribution in [3.63, 3.8) is 0 Å². The third kappa shape index (κ3) is 5.52. The SMILES string of the molecule is CN(C[C@H]1C[C@H](n2cc(NC(=O)c3cnn4cccnc34)c(F)n2)C1)C1CCN(c2cccc3c2n(C)c(=O)n3C2CCC(=O)NC2=O)CC1. The van der Waals surface area contributed by atoms with Gasteiger partial charge in [0.15, 0.2) is 5.65 Å². The summed E-state index contributed by atoms with van der Waals surface area (Å²) >= 11 is 0. The maximum absolute atomic E-state index is 14.8. The van der Waals surface area contributed by atoms with Crippen molar-refractivity contribution in [2.45, 2.75) is 56.7 Å². The Morgan fingerprint density at radius 1 is 1.12 bits per heavy atom. The maximum Gasteiger partial charge on any atom is 0.329 e. The number of piperidine rings is 2. The standard InChI is InChI=1S/C34H38FN11O4/c1-41(18-20-15-22(16-20)45-19-24(30(35)40-45)38-32(48)23-17-37-44-12-4-11-36-31(23)44)21-9-13-43(14-10-21)25-5-3-6-26-29(25)42(2)34(50)46(26)27-7-8-28(47)39-33(27)49/h3-6,11-12,17,19-22,27H,7-10,13-16,18H2,1-2H3,(H,38,48)(H,39,47,49)/t20-,22-,27?. The Morgan fingerprint density at radius 3 is 2.70 bits per heavy atom. The highest BCUT2D eigenvalue weighted by Crippen LogP contribution is 2.39. The molecule has 0 bridgehead atoms. The number of halogens is 1. The van der Waals surface area contributed by atoms with E-state index >= 15 is 0 Å². The van der Waals surface area contributed by atoms with Crippen LogP contribution in [-0.4, -0.2) is 88.9 Å². The molecule has 15 nitrogen and oxygen atoms in total. The number of aromatic nitrogens is 7. The minimum absolute atomic E-state index is 0.0286. The van der Waals surface area contributed by atoms with Gasteiger partial charge in [0.05, 0.1) is 35.2 Å². The van der Waals surface area contributed by atoms with Crippen LogP contribution in [0.15, 0.2) is 53.8 Å². The lowest BCUT2D eigenvalue weighted by molar-refractivity contribution is -0.135. The highest BCUT2D eigenvalue weighted by Gasteiger charge is 2.36. The Balaban J connectivity index is 0.861. The molecule has 260 valence electrons. The van der Waals surface area contributed by atoms with E-state index in [9.17, 15) is 23.6 Å². The Morgan fingerprint density at radius 2 is 1.92 bits per heavy atom. The molecule has 1 saturated carbocycles. The number of imide groups is 1. The summed E-state index contributed by atoms with van der Waals surface area (Å²) in [4.78, 5) is 59.5. The number of anilines is 2. The number of amides is 3. The topological polar surface area (TPSA) is 157 Å². The van der Waals surface area contributed by atoms with E-state index in [2.05, 4.69) is 42.7 Å². The summed E-state index contributed by atoms with van der Waals surface area (Å²) in [5.74, 6) is -1.52. The molecule has 6 heterocycles. The normalized spacial score (nSPS) is 21.6. The summed E-state index contributed by atoms with van der Waals surface area (Å²) in [6.45, 7) is 2.58. The second-order valence-electron chi connectivity index (χ2n) is 13.7. The molecule has 1 unspecified atom stereocenters. The van der Waals surface area contributed by atoms with Gasteiger partial charge in [0, 0.05) is 51.5 Å². The van der Waals surface area contributed by atoms with Crippen molar-refractivity contribution in [2.75, 3.05) is 36.9 Å². The molecule has 0 spiro atoms. The van der Waals surface area contributed by atoms with Gasteiger partial charge in [-0.1, -0.05) is 6.07 Å². The molecule has 1 aliphatic carbocycles. The molecular weight excluding hydrogens is 645 g/mol. The van der Waals surface area contributed by atoms with E-state index in [1.165, 1.54) is 15.3 Å². The van der Waals surface area contributed by atoms with Crippen molar-refractivity contribution in [1.29, 1.82) is 0 Å². The molecule has 5 aromatic rings. The van der Waals surface area contributed by atoms with Gasteiger partial charge in [-0.25, -0.2) is 14.3 Å².